The van der Waals surface area contributed by atoms with E-state index in [1.807, 2.05) is 5.43 Å². The van der Waals surface area contributed by atoms with E-state index in [1.165, 1.54) is 6.92 Å². The normalized spacial score (nSPS) is 6.58. The van der Waals surface area contributed by atoms with E-state index in [0.29, 0.717) is 6.61 Å². The van der Waals surface area contributed by atoms with Gasteiger partial charge in [0.25, 0.3) is 0 Å². The van der Waals surface area contributed by atoms with Gasteiger partial charge in [-0.1, -0.05) is 0 Å². The molecule has 0 aliphatic rings. The van der Waals surface area contributed by atoms with E-state index in [0.717, 1.165) is 0 Å². The molecule has 0 saturated carbocycles. The van der Waals surface area contributed by atoms with Crippen molar-refractivity contribution in [2.24, 2.45) is 11.6 Å². The lowest BCUT2D eigenvalue weighted by molar-refractivity contribution is -0.140. The highest BCUT2D eigenvalue weighted by atomic mass is 35.5. The van der Waals surface area contributed by atoms with Gasteiger partial charge < -0.3 is 10.5 Å². The van der Waals surface area contributed by atoms with Crippen molar-refractivity contribution in [3.05, 3.63) is 0 Å². The van der Waals surface area contributed by atoms with Crippen LogP contribution in [0.25, 0.3) is 0 Å². The largest absolute Gasteiger partial charge is 0.466 e. The Morgan fingerprint density at radius 1 is 1.67 bits per heavy atom. The molecular weight excluding hydrogens is 184 g/mol. The Morgan fingerprint density at radius 3 is 2.00 bits per heavy atom. The first-order chi connectivity index (χ1) is 5.04. The van der Waals surface area contributed by atoms with Crippen molar-refractivity contribution in [2.45, 2.75) is 13.8 Å². The summed E-state index contributed by atoms with van der Waals surface area (Å²) >= 11 is 0. The average Bonchev–Trinajstić information content (AvgIpc) is 1.89. The molecule has 0 aliphatic heterocycles. The van der Waals surface area contributed by atoms with Gasteiger partial charge in [0.05, 0.1) is 6.61 Å². The number of ether oxygens (including phenoxy) is 1. The summed E-state index contributed by atoms with van der Waals surface area (Å²) in [5.41, 5.74) is 6.53. The molecule has 0 heterocycles. The number of guanidine groups is 1. The number of hydrazine groups is 1. The molecule has 0 aromatic rings. The van der Waals surface area contributed by atoms with Crippen LogP contribution in [0.1, 0.15) is 13.8 Å². The number of nitrogens with two attached hydrogens (primary N) is 2. The SMILES string of the molecule is CCOC(C)=O.Cl.N=C(N)NN. The highest BCUT2D eigenvalue weighted by molar-refractivity contribution is 5.85. The van der Waals surface area contributed by atoms with E-state index in [2.05, 4.69) is 16.3 Å². The molecule has 0 spiro atoms. The van der Waals surface area contributed by atoms with E-state index < -0.39 is 0 Å². The lowest BCUT2D eigenvalue weighted by atomic mass is 10.8. The van der Waals surface area contributed by atoms with Gasteiger partial charge in [-0.15, -0.1) is 12.4 Å². The van der Waals surface area contributed by atoms with Crippen molar-refractivity contribution < 1.29 is 9.53 Å². The Labute approximate surface area is 77.5 Å². The molecule has 6 N–H and O–H groups in total. The minimum atomic E-state index is -0.218. The summed E-state index contributed by atoms with van der Waals surface area (Å²) in [4.78, 5) is 9.82. The molecule has 0 aromatic heterocycles. The van der Waals surface area contributed by atoms with Crippen molar-refractivity contribution in [2.75, 3.05) is 6.61 Å². The van der Waals surface area contributed by atoms with Crippen molar-refractivity contribution >= 4 is 24.3 Å². The van der Waals surface area contributed by atoms with E-state index >= 15 is 0 Å². The summed E-state index contributed by atoms with van der Waals surface area (Å²) in [6.07, 6.45) is 0. The molecule has 7 heteroatoms. The maximum atomic E-state index is 9.82. The van der Waals surface area contributed by atoms with E-state index in [9.17, 15) is 4.79 Å². The van der Waals surface area contributed by atoms with Crippen LogP contribution in [-0.4, -0.2) is 18.5 Å². The standard InChI is InChI=1S/C4H8O2.CH6N4.ClH/c1-3-6-4(2)5;2-1(3)5-4;/h3H2,1-2H3;4H2,(H4,2,3,5);1H. The highest BCUT2D eigenvalue weighted by Gasteiger charge is 1.81. The fourth-order valence-corrected chi connectivity index (χ4v) is 0.203. The van der Waals surface area contributed by atoms with Crippen LogP contribution >= 0.6 is 12.4 Å². The Hall–Kier alpha value is -1.01. The summed E-state index contributed by atoms with van der Waals surface area (Å²) in [5.74, 6) is 4.14. The fourth-order valence-electron chi connectivity index (χ4n) is 0.203. The van der Waals surface area contributed by atoms with Crippen LogP contribution < -0.4 is 17.0 Å². The lowest BCUT2D eigenvalue weighted by Gasteiger charge is -1.89. The molecule has 0 bridgehead atoms. The zero-order valence-electron chi connectivity index (χ0n) is 7.09. The first-order valence-electron chi connectivity index (χ1n) is 2.98. The molecule has 0 rings (SSSR count). The minimum absolute atomic E-state index is 0. The quantitative estimate of drug-likeness (QED) is 0.147. The third kappa shape index (κ3) is 36.1. The summed E-state index contributed by atoms with van der Waals surface area (Å²) in [6.45, 7) is 3.65. The van der Waals surface area contributed by atoms with Gasteiger partial charge >= 0.3 is 5.97 Å². The second kappa shape index (κ2) is 12.6. The van der Waals surface area contributed by atoms with Crippen LogP contribution in [0, 0.1) is 5.41 Å². The molecule has 0 radical (unpaired) electrons. The first kappa shape index (κ1) is 17.2. The van der Waals surface area contributed by atoms with Crippen LogP contribution in [0.4, 0.5) is 0 Å². The molecule has 0 saturated heterocycles. The first-order valence-corrected chi connectivity index (χ1v) is 2.98. The molecule has 0 amide bonds. The van der Waals surface area contributed by atoms with Gasteiger partial charge in [0, 0.05) is 6.92 Å². The maximum absolute atomic E-state index is 9.82. The molecule has 0 aromatic carbocycles. The summed E-state index contributed by atoms with van der Waals surface area (Å²) in [7, 11) is 0. The van der Waals surface area contributed by atoms with E-state index in [4.69, 9.17) is 5.41 Å². The third-order valence-corrected chi connectivity index (χ3v) is 0.503. The molecule has 0 atom stereocenters. The zero-order valence-corrected chi connectivity index (χ0v) is 7.90. The molecule has 6 nitrogen and oxygen atoms in total. The molecule has 0 unspecified atom stereocenters. The average molecular weight is 199 g/mol. The summed E-state index contributed by atoms with van der Waals surface area (Å²) in [5, 5.41) is 6.28. The molecular formula is C5H15ClN4O2. The predicted octanol–water partition coefficient (Wildman–Crippen LogP) is -0.666. The Kier molecular flexibility index (Phi) is 18.1. The van der Waals surface area contributed by atoms with E-state index in [-0.39, 0.29) is 24.3 Å². The number of hydrogen-bond donors (Lipinski definition) is 4. The van der Waals surface area contributed by atoms with Crippen molar-refractivity contribution in [1.82, 2.24) is 5.43 Å². The third-order valence-electron chi connectivity index (χ3n) is 0.503. The smallest absolute Gasteiger partial charge is 0.302 e. The fraction of sp³-hybridized carbons (Fsp3) is 0.600. The number of rotatable bonds is 1. The van der Waals surface area contributed by atoms with Gasteiger partial charge in [0.1, 0.15) is 0 Å². The molecule has 0 aliphatic carbocycles. The van der Waals surface area contributed by atoms with Crippen LogP contribution in [-0.2, 0) is 9.53 Å². The van der Waals surface area contributed by atoms with E-state index in [1.54, 1.807) is 6.92 Å². The maximum Gasteiger partial charge on any atom is 0.302 e. The highest BCUT2D eigenvalue weighted by Crippen LogP contribution is 1.69. The molecule has 74 valence electrons. The summed E-state index contributed by atoms with van der Waals surface area (Å²) in [6, 6.07) is 0. The molecule has 0 fully saturated rings. The second-order valence-electron chi connectivity index (χ2n) is 1.48. The number of hydrogen-bond acceptors (Lipinski definition) is 4. The van der Waals surface area contributed by atoms with Crippen LogP contribution in [0.15, 0.2) is 0 Å². The van der Waals surface area contributed by atoms with Crippen LogP contribution in [0.3, 0.4) is 0 Å². The van der Waals surface area contributed by atoms with Gasteiger partial charge in [-0.05, 0) is 6.92 Å². The lowest BCUT2D eigenvalue weighted by Crippen LogP contribution is -2.35. The number of esters is 1. The Balaban J connectivity index is -0.000000126. The number of nitrogens with one attached hydrogen (secondary N) is 2. The van der Waals surface area contributed by atoms with Gasteiger partial charge in [0.15, 0.2) is 5.96 Å². The van der Waals surface area contributed by atoms with Crippen LogP contribution in [0.2, 0.25) is 0 Å². The monoisotopic (exact) mass is 198 g/mol. The van der Waals surface area contributed by atoms with Crippen molar-refractivity contribution in [3.8, 4) is 0 Å². The van der Waals surface area contributed by atoms with Gasteiger partial charge in [-0.2, -0.15) is 0 Å². The summed E-state index contributed by atoms with van der Waals surface area (Å²) < 4.78 is 4.40. The van der Waals surface area contributed by atoms with Gasteiger partial charge in [-0.25, -0.2) is 5.84 Å². The number of carbonyl (C=O) groups excluding carboxylic acids is 1. The van der Waals surface area contributed by atoms with Gasteiger partial charge in [0.2, 0.25) is 0 Å². The Bertz CT molecular complexity index is 131. The van der Waals surface area contributed by atoms with Crippen molar-refractivity contribution in [3.63, 3.8) is 0 Å². The van der Waals surface area contributed by atoms with Crippen molar-refractivity contribution in [1.29, 1.82) is 5.41 Å². The topological polar surface area (TPSA) is 114 Å². The predicted molar refractivity (Wildman–Crippen MR) is 48.8 cm³/mol. The van der Waals surface area contributed by atoms with Crippen LogP contribution in [0.5, 0.6) is 0 Å². The number of halogens is 1. The minimum Gasteiger partial charge on any atom is -0.466 e. The van der Waals surface area contributed by atoms with Gasteiger partial charge in [-0.3, -0.25) is 15.6 Å². The second-order valence-corrected chi connectivity index (χ2v) is 1.48. The Morgan fingerprint density at radius 2 is 2.00 bits per heavy atom. The number of carbonyl (C=O) groups is 1. The zero-order chi connectivity index (χ0) is 9.28. The molecule has 12 heavy (non-hydrogen) atoms.